The molecule has 0 heterocycles. The van der Waals surface area contributed by atoms with E-state index in [1.807, 2.05) is 0 Å². The molecule has 0 aromatic carbocycles. The van der Waals surface area contributed by atoms with E-state index in [0.717, 1.165) is 31.0 Å². The van der Waals surface area contributed by atoms with Gasteiger partial charge in [0.15, 0.2) is 0 Å². The van der Waals surface area contributed by atoms with Gasteiger partial charge in [-0.05, 0) is 38.5 Å². The molecule has 0 atom stereocenters. The monoisotopic (exact) mass is 416 g/mol. The van der Waals surface area contributed by atoms with Crippen LogP contribution >= 0.6 is 15.9 Å². The van der Waals surface area contributed by atoms with Crippen molar-refractivity contribution < 1.29 is 9.53 Å². The first kappa shape index (κ1) is 24.7. The third kappa shape index (κ3) is 18.3. The molecule has 0 saturated carbocycles. The maximum Gasteiger partial charge on any atom is 0.330 e. The molecule has 0 bridgehead atoms. The van der Waals surface area contributed by atoms with Crippen LogP contribution in [-0.4, -0.2) is 17.9 Å². The van der Waals surface area contributed by atoms with Gasteiger partial charge in [-0.15, -0.1) is 0 Å². The highest BCUT2D eigenvalue weighted by atomic mass is 79.9. The van der Waals surface area contributed by atoms with Gasteiger partial charge in [-0.3, -0.25) is 0 Å². The highest BCUT2D eigenvalue weighted by Gasteiger charge is 2.04. The molecular formula is C22H41BrO2. The minimum Gasteiger partial charge on any atom is -0.463 e. The van der Waals surface area contributed by atoms with Crippen LogP contribution in [0, 0.1) is 0 Å². The number of hydrogen-bond donors (Lipinski definition) is 0. The topological polar surface area (TPSA) is 26.3 Å². The number of carbonyl (C=O) groups excluding carboxylic acids is 1. The Bertz CT molecular complexity index is 326. The van der Waals surface area contributed by atoms with Crippen LogP contribution in [0.3, 0.4) is 0 Å². The fourth-order valence-corrected chi connectivity index (χ4v) is 3.33. The number of alkyl halides is 1. The van der Waals surface area contributed by atoms with Gasteiger partial charge < -0.3 is 4.74 Å². The lowest BCUT2D eigenvalue weighted by Crippen LogP contribution is -2.04. The van der Waals surface area contributed by atoms with Crippen LogP contribution < -0.4 is 0 Å². The zero-order valence-electron chi connectivity index (χ0n) is 16.8. The van der Waals surface area contributed by atoms with Gasteiger partial charge in [0, 0.05) is 11.4 Å². The molecule has 3 heteroatoms. The summed E-state index contributed by atoms with van der Waals surface area (Å²) < 4.78 is 5.33. The van der Waals surface area contributed by atoms with E-state index >= 15 is 0 Å². The van der Waals surface area contributed by atoms with Gasteiger partial charge in [-0.25, -0.2) is 4.79 Å². The number of unbranched alkanes of at least 4 members (excludes halogenated alkanes) is 10. The molecule has 0 radical (unpaired) electrons. The molecule has 0 N–H and O–H groups in total. The van der Waals surface area contributed by atoms with Crippen molar-refractivity contribution in [3.05, 3.63) is 11.6 Å². The summed E-state index contributed by atoms with van der Waals surface area (Å²) in [6.07, 6.45) is 20.2. The summed E-state index contributed by atoms with van der Waals surface area (Å²) in [7, 11) is 0. The van der Waals surface area contributed by atoms with Crippen molar-refractivity contribution in [1.82, 2.24) is 0 Å². The third-order valence-electron chi connectivity index (χ3n) is 4.55. The molecule has 0 aliphatic carbocycles. The predicted molar refractivity (Wildman–Crippen MR) is 113 cm³/mol. The molecule has 0 aliphatic rings. The Labute approximate surface area is 165 Å². The number of esters is 1. The lowest BCUT2D eigenvalue weighted by Gasteiger charge is -2.08. The van der Waals surface area contributed by atoms with Gasteiger partial charge in [0.2, 0.25) is 0 Å². The van der Waals surface area contributed by atoms with E-state index in [-0.39, 0.29) is 5.97 Å². The smallest absolute Gasteiger partial charge is 0.330 e. The Balaban J connectivity index is 4.02. The maximum absolute atomic E-state index is 12.0. The Morgan fingerprint density at radius 3 is 1.88 bits per heavy atom. The summed E-state index contributed by atoms with van der Waals surface area (Å²) in [5.41, 5.74) is 1.30. The van der Waals surface area contributed by atoms with Gasteiger partial charge in [0.25, 0.3) is 0 Å². The van der Waals surface area contributed by atoms with Crippen molar-refractivity contribution in [1.29, 1.82) is 0 Å². The summed E-state index contributed by atoms with van der Waals surface area (Å²) in [6.45, 7) is 5.03. The first-order valence-corrected chi connectivity index (χ1v) is 11.8. The van der Waals surface area contributed by atoms with E-state index in [1.165, 1.54) is 76.2 Å². The fourth-order valence-electron chi connectivity index (χ4n) is 2.93. The number of allylic oxidation sites excluding steroid dienone is 1. The van der Waals surface area contributed by atoms with Crippen LogP contribution in [0.15, 0.2) is 11.6 Å². The molecule has 0 rings (SSSR count). The van der Waals surface area contributed by atoms with E-state index in [4.69, 9.17) is 4.74 Å². The Morgan fingerprint density at radius 1 is 0.760 bits per heavy atom. The molecule has 0 fully saturated rings. The molecule has 148 valence electrons. The van der Waals surface area contributed by atoms with Crippen LogP contribution in [0.25, 0.3) is 0 Å². The summed E-state index contributed by atoms with van der Waals surface area (Å²) in [4.78, 5) is 12.0. The molecule has 0 aromatic rings. The lowest BCUT2D eigenvalue weighted by atomic mass is 10.00. The van der Waals surface area contributed by atoms with Crippen molar-refractivity contribution in [3.8, 4) is 0 Å². The molecule has 0 spiro atoms. The van der Waals surface area contributed by atoms with E-state index in [0.29, 0.717) is 6.61 Å². The number of rotatable bonds is 18. The van der Waals surface area contributed by atoms with Crippen LogP contribution in [0.1, 0.15) is 110 Å². The molecule has 0 amide bonds. The van der Waals surface area contributed by atoms with Crippen LogP contribution in [0.2, 0.25) is 0 Å². The molecule has 2 nitrogen and oxygen atoms in total. The number of hydrogen-bond acceptors (Lipinski definition) is 2. The van der Waals surface area contributed by atoms with Crippen molar-refractivity contribution in [3.63, 3.8) is 0 Å². The van der Waals surface area contributed by atoms with E-state index in [9.17, 15) is 4.79 Å². The fraction of sp³-hybridized carbons (Fsp3) is 0.864. The SMILES string of the molecule is CCCCCCCCCC/C(=C\C(=O)OCCCCBr)CCCCC. The molecular weight excluding hydrogens is 376 g/mol. The van der Waals surface area contributed by atoms with Gasteiger partial charge in [-0.2, -0.15) is 0 Å². The first-order valence-electron chi connectivity index (χ1n) is 10.7. The first-order chi connectivity index (χ1) is 12.2. The largest absolute Gasteiger partial charge is 0.463 e. The molecule has 0 aromatic heterocycles. The minimum atomic E-state index is -0.138. The molecule has 0 aliphatic heterocycles. The second-order valence-corrected chi connectivity index (χ2v) is 7.84. The van der Waals surface area contributed by atoms with E-state index < -0.39 is 0 Å². The Kier molecular flexibility index (Phi) is 19.8. The van der Waals surface area contributed by atoms with Crippen LogP contribution in [0.5, 0.6) is 0 Å². The van der Waals surface area contributed by atoms with Gasteiger partial charge in [0.05, 0.1) is 6.61 Å². The van der Waals surface area contributed by atoms with Gasteiger partial charge in [0.1, 0.15) is 0 Å². The van der Waals surface area contributed by atoms with Crippen molar-refractivity contribution in [2.75, 3.05) is 11.9 Å². The predicted octanol–water partition coefficient (Wildman–Crippen LogP) is 7.74. The zero-order chi connectivity index (χ0) is 18.6. The quantitative estimate of drug-likeness (QED) is 0.0986. The van der Waals surface area contributed by atoms with Gasteiger partial charge >= 0.3 is 5.97 Å². The zero-order valence-corrected chi connectivity index (χ0v) is 18.4. The van der Waals surface area contributed by atoms with E-state index in [2.05, 4.69) is 29.8 Å². The second kappa shape index (κ2) is 20.0. The maximum atomic E-state index is 12.0. The lowest BCUT2D eigenvalue weighted by molar-refractivity contribution is -0.137. The highest BCUT2D eigenvalue weighted by molar-refractivity contribution is 9.09. The molecule has 25 heavy (non-hydrogen) atoms. The molecule has 0 saturated heterocycles. The van der Waals surface area contributed by atoms with Crippen molar-refractivity contribution >= 4 is 21.9 Å². The Morgan fingerprint density at radius 2 is 1.28 bits per heavy atom. The van der Waals surface area contributed by atoms with Crippen LogP contribution in [0.4, 0.5) is 0 Å². The minimum absolute atomic E-state index is 0.138. The summed E-state index contributed by atoms with van der Waals surface area (Å²) in [6, 6.07) is 0. The average molecular weight is 417 g/mol. The Hall–Kier alpha value is -0.310. The standard InChI is InChI=1S/C22H41BrO2/c1-3-5-7-8-9-10-11-13-17-21(16-12-6-4-2)20-22(24)25-19-15-14-18-23/h20H,3-19H2,1-2H3/b21-20-. The number of ether oxygens (including phenoxy) is 1. The molecule has 0 unspecified atom stereocenters. The second-order valence-electron chi connectivity index (χ2n) is 7.05. The van der Waals surface area contributed by atoms with Crippen LogP contribution in [-0.2, 0) is 9.53 Å². The number of carbonyl (C=O) groups is 1. The average Bonchev–Trinajstić information content (AvgIpc) is 2.61. The van der Waals surface area contributed by atoms with Crippen molar-refractivity contribution in [2.24, 2.45) is 0 Å². The van der Waals surface area contributed by atoms with Crippen molar-refractivity contribution in [2.45, 2.75) is 110 Å². The third-order valence-corrected chi connectivity index (χ3v) is 5.11. The number of halogens is 1. The van der Waals surface area contributed by atoms with E-state index in [1.54, 1.807) is 6.08 Å². The normalized spacial score (nSPS) is 11.7. The summed E-state index contributed by atoms with van der Waals surface area (Å²) in [5.74, 6) is -0.138. The summed E-state index contributed by atoms with van der Waals surface area (Å²) >= 11 is 3.40. The summed E-state index contributed by atoms with van der Waals surface area (Å²) in [5, 5.41) is 0.973. The highest BCUT2D eigenvalue weighted by Crippen LogP contribution is 2.18. The van der Waals surface area contributed by atoms with Gasteiger partial charge in [-0.1, -0.05) is 93.1 Å².